The fraction of sp³-hybridized carbons (Fsp3) is 0.429. The maximum absolute atomic E-state index is 4.83. The number of hydrogen-bond acceptors (Lipinski definition) is 1. The molecule has 0 saturated heterocycles. The summed E-state index contributed by atoms with van der Waals surface area (Å²) in [5.41, 5.74) is 5.16. The molecule has 0 fully saturated rings. The summed E-state index contributed by atoms with van der Waals surface area (Å²) >= 11 is 0. The normalized spacial score (nSPS) is 12.6. The second-order valence-corrected chi connectivity index (χ2v) is 6.66. The van der Waals surface area contributed by atoms with Gasteiger partial charge in [-0.1, -0.05) is 63.6 Å². The van der Waals surface area contributed by atoms with Gasteiger partial charge in [-0.3, -0.25) is 0 Å². The summed E-state index contributed by atoms with van der Waals surface area (Å²) in [6, 6.07) is 17.5. The van der Waals surface area contributed by atoms with Crippen LogP contribution < -0.4 is 4.68 Å². The highest BCUT2D eigenvalue weighted by Crippen LogP contribution is 2.19. The number of aromatic nitrogens is 3. The van der Waals surface area contributed by atoms with Crippen LogP contribution in [0.3, 0.4) is 0 Å². The Morgan fingerprint density at radius 2 is 1.79 bits per heavy atom. The molecule has 0 amide bonds. The number of hydrogen-bond donors (Lipinski definition) is 0. The van der Waals surface area contributed by atoms with E-state index in [-0.39, 0.29) is 0 Å². The van der Waals surface area contributed by atoms with Gasteiger partial charge in [0, 0.05) is 0 Å². The lowest BCUT2D eigenvalue weighted by Gasteiger charge is -2.08. The maximum atomic E-state index is 4.83. The van der Waals surface area contributed by atoms with E-state index in [0.29, 0.717) is 5.92 Å². The van der Waals surface area contributed by atoms with Crippen LogP contribution in [-0.4, -0.2) is 9.90 Å². The zero-order valence-corrected chi connectivity index (χ0v) is 15.1. The van der Waals surface area contributed by atoms with Crippen molar-refractivity contribution in [2.24, 2.45) is 0 Å². The van der Waals surface area contributed by atoms with E-state index in [1.807, 2.05) is 0 Å². The first-order valence-corrected chi connectivity index (χ1v) is 9.17. The summed E-state index contributed by atoms with van der Waals surface area (Å²) in [6.45, 7) is 8.55. The van der Waals surface area contributed by atoms with Crippen molar-refractivity contribution in [2.75, 3.05) is 0 Å². The van der Waals surface area contributed by atoms with Crippen LogP contribution in [0, 0.1) is 0 Å². The smallest absolute Gasteiger partial charge is 0.129 e. The van der Waals surface area contributed by atoms with Gasteiger partial charge >= 0.3 is 0 Å². The van der Waals surface area contributed by atoms with Crippen LogP contribution in [0.2, 0.25) is 0 Å². The van der Waals surface area contributed by atoms with Gasteiger partial charge in [-0.2, -0.15) is 0 Å². The van der Waals surface area contributed by atoms with Crippen LogP contribution in [0.1, 0.15) is 57.1 Å². The van der Waals surface area contributed by atoms with Gasteiger partial charge in [0.1, 0.15) is 13.1 Å². The van der Waals surface area contributed by atoms with Gasteiger partial charge in [0.05, 0.1) is 5.21 Å². The van der Waals surface area contributed by atoms with Gasteiger partial charge in [0.2, 0.25) is 0 Å². The van der Waals surface area contributed by atoms with Crippen molar-refractivity contribution in [3.63, 3.8) is 0 Å². The lowest BCUT2D eigenvalue weighted by atomic mass is 9.98. The van der Waals surface area contributed by atoms with E-state index in [1.165, 1.54) is 35.0 Å². The van der Waals surface area contributed by atoms with Gasteiger partial charge < -0.3 is 0 Å². The van der Waals surface area contributed by atoms with E-state index in [0.717, 1.165) is 19.5 Å². The Morgan fingerprint density at radius 1 is 1.04 bits per heavy atom. The molecule has 3 heteroatoms. The minimum Gasteiger partial charge on any atom is -0.129 e. The predicted octanol–water partition coefficient (Wildman–Crippen LogP) is 4.69. The Balaban J connectivity index is 1.87. The molecule has 0 spiro atoms. The van der Waals surface area contributed by atoms with Crippen LogP contribution in [0.25, 0.3) is 11.0 Å². The zero-order chi connectivity index (χ0) is 16.9. The Kier molecular flexibility index (Phi) is 5.29. The van der Waals surface area contributed by atoms with Crippen molar-refractivity contribution in [1.29, 1.82) is 0 Å². The minimum absolute atomic E-state index is 0.626. The van der Waals surface area contributed by atoms with Crippen LogP contribution in [0.4, 0.5) is 0 Å². The summed E-state index contributed by atoms with van der Waals surface area (Å²) in [5.74, 6) is 0.626. The van der Waals surface area contributed by atoms with E-state index in [1.54, 1.807) is 0 Å². The molecule has 0 saturated carbocycles. The van der Waals surface area contributed by atoms with E-state index in [2.05, 4.69) is 78.7 Å². The van der Waals surface area contributed by atoms with Crippen LogP contribution in [0.5, 0.6) is 0 Å². The molecular weight excluding hydrogens is 294 g/mol. The lowest BCUT2D eigenvalue weighted by molar-refractivity contribution is -0.724. The first-order chi connectivity index (χ1) is 11.7. The summed E-state index contributed by atoms with van der Waals surface area (Å²) in [6.07, 6.45) is 3.53. The molecule has 0 aliphatic heterocycles. The zero-order valence-electron chi connectivity index (χ0n) is 15.1. The number of benzene rings is 2. The SMILES string of the molecule is CCCCn1n[n+](Cc2ccc(C(C)CC)cc2)c2ccccc21. The van der Waals surface area contributed by atoms with E-state index < -0.39 is 0 Å². The highest BCUT2D eigenvalue weighted by Gasteiger charge is 2.17. The molecule has 3 rings (SSSR count). The molecule has 1 atom stereocenters. The maximum Gasteiger partial charge on any atom is 0.198 e. The van der Waals surface area contributed by atoms with E-state index >= 15 is 0 Å². The number of aryl methyl sites for hydroxylation is 1. The van der Waals surface area contributed by atoms with Crippen molar-refractivity contribution in [3.8, 4) is 0 Å². The fourth-order valence-corrected chi connectivity index (χ4v) is 3.08. The predicted molar refractivity (Wildman–Crippen MR) is 99.1 cm³/mol. The van der Waals surface area contributed by atoms with E-state index in [4.69, 9.17) is 5.21 Å². The molecule has 1 unspecified atom stereocenters. The standard InChI is InChI=1S/C21H28N3/c1-4-6-15-23-20-9-7-8-10-21(20)24(22-23)16-18-11-13-19(14-12-18)17(3)5-2/h7-14,17H,4-6,15-16H2,1-3H3/q+1. The molecule has 3 aromatic rings. The largest absolute Gasteiger partial charge is 0.198 e. The molecule has 0 aliphatic rings. The van der Waals surface area contributed by atoms with Gasteiger partial charge in [-0.15, -0.1) is 9.36 Å². The molecule has 0 aliphatic carbocycles. The molecule has 1 aromatic heterocycles. The Labute approximate surface area is 144 Å². The summed E-state index contributed by atoms with van der Waals surface area (Å²) < 4.78 is 4.27. The first-order valence-electron chi connectivity index (χ1n) is 9.17. The third-order valence-corrected chi connectivity index (χ3v) is 4.87. The number of para-hydroxylation sites is 2. The Morgan fingerprint density at radius 3 is 2.50 bits per heavy atom. The van der Waals surface area contributed by atoms with E-state index in [9.17, 15) is 0 Å². The minimum atomic E-state index is 0.626. The average Bonchev–Trinajstić information content (AvgIpc) is 2.98. The lowest BCUT2D eigenvalue weighted by Crippen LogP contribution is -2.37. The quantitative estimate of drug-likeness (QED) is 0.579. The molecule has 0 radical (unpaired) electrons. The van der Waals surface area contributed by atoms with Gasteiger partial charge in [0.15, 0.2) is 11.0 Å². The molecule has 3 nitrogen and oxygen atoms in total. The number of nitrogens with zero attached hydrogens (tertiary/aromatic N) is 3. The summed E-state index contributed by atoms with van der Waals surface area (Å²) in [7, 11) is 0. The molecule has 0 bridgehead atoms. The molecule has 0 N–H and O–H groups in total. The average molecular weight is 322 g/mol. The second kappa shape index (κ2) is 7.61. The highest BCUT2D eigenvalue weighted by atomic mass is 15.5. The summed E-state index contributed by atoms with van der Waals surface area (Å²) in [5, 5.41) is 4.83. The highest BCUT2D eigenvalue weighted by molar-refractivity contribution is 5.70. The van der Waals surface area contributed by atoms with Crippen molar-refractivity contribution in [1.82, 2.24) is 9.90 Å². The van der Waals surface area contributed by atoms with Gasteiger partial charge in [0.25, 0.3) is 0 Å². The monoisotopic (exact) mass is 322 g/mol. The van der Waals surface area contributed by atoms with Crippen LogP contribution in [0.15, 0.2) is 48.5 Å². The fourth-order valence-electron chi connectivity index (χ4n) is 3.08. The number of unbranched alkanes of at least 4 members (excludes halogenated alkanes) is 1. The van der Waals surface area contributed by atoms with Crippen molar-refractivity contribution in [3.05, 3.63) is 59.7 Å². The molecule has 1 heterocycles. The Bertz CT molecular complexity index is 786. The number of fused-ring (bicyclic) bond motifs is 1. The number of rotatable bonds is 7. The molecule has 2 aromatic carbocycles. The molecule has 24 heavy (non-hydrogen) atoms. The molecular formula is C21H28N3+. The van der Waals surface area contributed by atoms with Crippen LogP contribution >= 0.6 is 0 Å². The second-order valence-electron chi connectivity index (χ2n) is 6.66. The van der Waals surface area contributed by atoms with Gasteiger partial charge in [-0.25, -0.2) is 0 Å². The van der Waals surface area contributed by atoms with Crippen molar-refractivity contribution >= 4 is 11.0 Å². The summed E-state index contributed by atoms with van der Waals surface area (Å²) in [4.78, 5) is 0. The van der Waals surface area contributed by atoms with Crippen LogP contribution in [-0.2, 0) is 13.1 Å². The van der Waals surface area contributed by atoms with Crippen molar-refractivity contribution in [2.45, 2.75) is 59.0 Å². The topological polar surface area (TPSA) is 21.7 Å². The van der Waals surface area contributed by atoms with Gasteiger partial charge in [-0.05, 0) is 42.0 Å². The first kappa shape index (κ1) is 16.7. The molecule has 126 valence electrons. The third-order valence-electron chi connectivity index (χ3n) is 4.87. The third kappa shape index (κ3) is 3.50. The van der Waals surface area contributed by atoms with Crippen molar-refractivity contribution < 1.29 is 4.68 Å². The Hall–Kier alpha value is -2.16.